The molecule has 0 saturated carbocycles. The van der Waals surface area contributed by atoms with Gasteiger partial charge in [-0.25, -0.2) is 9.67 Å². The molecule has 0 aliphatic carbocycles. The molecular formula is C24H34Cl2N8O3. The number of rotatable bonds is 12. The number of nitrogens with two attached hydrogens (primary N) is 1. The zero-order chi connectivity index (χ0) is 27.7. The van der Waals surface area contributed by atoms with Crippen molar-refractivity contribution in [3.05, 3.63) is 39.9 Å². The average Bonchev–Trinajstić information content (AvgIpc) is 3.20. The number of benzene rings is 1. The van der Waals surface area contributed by atoms with Crippen LogP contribution in [0.15, 0.2) is 23.2 Å². The number of aryl methyl sites for hydroxylation is 1. The molecule has 2 rings (SSSR count). The maximum absolute atomic E-state index is 13.1. The summed E-state index contributed by atoms with van der Waals surface area (Å²) in [5.74, 6) is -0.500. The average molecular weight is 553 g/mol. The summed E-state index contributed by atoms with van der Waals surface area (Å²) in [5.41, 5.74) is 6.19. The van der Waals surface area contributed by atoms with Crippen molar-refractivity contribution in [2.45, 2.75) is 59.0 Å². The maximum Gasteiger partial charge on any atom is 0.291 e. The van der Waals surface area contributed by atoms with Crippen molar-refractivity contribution in [2.75, 3.05) is 13.6 Å². The van der Waals surface area contributed by atoms with Crippen LogP contribution in [0.3, 0.4) is 0 Å². The molecule has 1 aromatic heterocycles. The van der Waals surface area contributed by atoms with E-state index in [9.17, 15) is 14.4 Å². The van der Waals surface area contributed by atoms with E-state index in [2.05, 4.69) is 31.0 Å². The van der Waals surface area contributed by atoms with Gasteiger partial charge >= 0.3 is 0 Å². The number of Topliss-reactive ketones (excluding diaryl/α,β-unsaturated/α-hetero) is 1. The highest BCUT2D eigenvalue weighted by Crippen LogP contribution is 2.22. The molecule has 2 aromatic rings. The fourth-order valence-corrected chi connectivity index (χ4v) is 4.07. The van der Waals surface area contributed by atoms with Crippen molar-refractivity contribution in [2.24, 2.45) is 16.6 Å². The Kier molecular flexibility index (Phi) is 11.3. The molecule has 0 bridgehead atoms. The smallest absolute Gasteiger partial charge is 0.291 e. The second kappa shape index (κ2) is 13.9. The zero-order valence-corrected chi connectivity index (χ0v) is 23.2. The van der Waals surface area contributed by atoms with E-state index < -0.39 is 23.9 Å². The van der Waals surface area contributed by atoms with Gasteiger partial charge in [-0.15, -0.1) is 5.10 Å². The summed E-state index contributed by atoms with van der Waals surface area (Å²) in [4.78, 5) is 46.4. The molecule has 0 fully saturated rings. The summed E-state index contributed by atoms with van der Waals surface area (Å²) < 4.78 is 1.44. The van der Waals surface area contributed by atoms with Crippen LogP contribution in [-0.2, 0) is 9.59 Å². The minimum atomic E-state index is -0.934. The molecule has 0 aliphatic heterocycles. The topological polar surface area (TPSA) is 156 Å². The van der Waals surface area contributed by atoms with Gasteiger partial charge in [0.15, 0.2) is 11.7 Å². The Hall–Kier alpha value is -3.18. The highest BCUT2D eigenvalue weighted by atomic mass is 35.5. The minimum absolute atomic E-state index is 0.128. The number of ketones is 1. The summed E-state index contributed by atoms with van der Waals surface area (Å²) in [6.07, 6.45) is 1.25. The van der Waals surface area contributed by atoms with Gasteiger partial charge in [0.2, 0.25) is 11.7 Å². The van der Waals surface area contributed by atoms with E-state index in [0.29, 0.717) is 40.9 Å². The summed E-state index contributed by atoms with van der Waals surface area (Å²) in [5, 5.41) is 13.5. The minimum Gasteiger partial charge on any atom is -0.370 e. The Balaban J connectivity index is 2.22. The van der Waals surface area contributed by atoms with Gasteiger partial charge < -0.3 is 21.7 Å². The van der Waals surface area contributed by atoms with Gasteiger partial charge in [-0.2, -0.15) is 0 Å². The molecule has 0 spiro atoms. The van der Waals surface area contributed by atoms with Crippen LogP contribution in [0, 0.1) is 12.8 Å². The first kappa shape index (κ1) is 30.0. The van der Waals surface area contributed by atoms with Crippen LogP contribution in [-0.4, -0.2) is 64.0 Å². The summed E-state index contributed by atoms with van der Waals surface area (Å²) in [7, 11) is 1.56. The Bertz CT molecular complexity index is 1130. The van der Waals surface area contributed by atoms with Gasteiger partial charge in [-0.1, -0.05) is 37.0 Å². The molecule has 2 amide bonds. The Labute approximate surface area is 226 Å². The van der Waals surface area contributed by atoms with Crippen LogP contribution >= 0.6 is 23.2 Å². The number of guanidine groups is 1. The predicted octanol–water partition coefficient (Wildman–Crippen LogP) is 2.42. The molecule has 1 heterocycles. The number of hydrogen-bond donors (Lipinski definition) is 4. The maximum atomic E-state index is 13.1. The molecule has 2 atom stereocenters. The van der Waals surface area contributed by atoms with E-state index in [4.69, 9.17) is 28.9 Å². The van der Waals surface area contributed by atoms with Crippen LogP contribution in [0.1, 0.15) is 56.5 Å². The monoisotopic (exact) mass is 552 g/mol. The van der Waals surface area contributed by atoms with Crippen molar-refractivity contribution < 1.29 is 14.4 Å². The van der Waals surface area contributed by atoms with Gasteiger partial charge in [-0.05, 0) is 57.2 Å². The van der Waals surface area contributed by atoms with Crippen molar-refractivity contribution in [1.29, 1.82) is 0 Å². The molecule has 202 valence electrons. The number of hydrogen-bond acceptors (Lipinski definition) is 6. The quantitative estimate of drug-likeness (QED) is 0.179. The largest absolute Gasteiger partial charge is 0.370 e. The Morgan fingerprint density at radius 3 is 2.32 bits per heavy atom. The first-order valence-corrected chi connectivity index (χ1v) is 12.6. The third-order valence-electron chi connectivity index (χ3n) is 5.42. The first-order chi connectivity index (χ1) is 17.4. The lowest BCUT2D eigenvalue weighted by atomic mass is 10.00. The standard InChI is InChI=1S/C24H34Cl2N8O3/c1-13(2)9-20(14(3)35)32-22(36)19(7-6-8-29-24(27)28-5)31-23(37)21-30-15(4)34(33-21)18-11-16(25)10-17(26)12-18/h10-13,19-20H,6-9H2,1-5H3,(H,31,37)(H,32,36)(H3,27,28,29)/t19-,20-/m0/s1. The summed E-state index contributed by atoms with van der Waals surface area (Å²) in [6.45, 7) is 7.47. The van der Waals surface area contributed by atoms with E-state index in [0.717, 1.165) is 0 Å². The predicted molar refractivity (Wildman–Crippen MR) is 144 cm³/mol. The van der Waals surface area contributed by atoms with E-state index in [1.807, 2.05) is 13.8 Å². The van der Waals surface area contributed by atoms with Gasteiger partial charge in [0, 0.05) is 23.6 Å². The molecule has 11 nitrogen and oxygen atoms in total. The van der Waals surface area contributed by atoms with Gasteiger partial charge in [0.25, 0.3) is 5.91 Å². The highest BCUT2D eigenvalue weighted by Gasteiger charge is 2.27. The lowest BCUT2D eigenvalue weighted by molar-refractivity contribution is -0.128. The lowest BCUT2D eigenvalue weighted by Gasteiger charge is -2.23. The lowest BCUT2D eigenvalue weighted by Crippen LogP contribution is -2.52. The number of carbonyl (C=O) groups excluding carboxylic acids is 3. The third kappa shape index (κ3) is 9.32. The fourth-order valence-electron chi connectivity index (χ4n) is 3.56. The molecule has 0 aliphatic rings. The van der Waals surface area contributed by atoms with Crippen molar-refractivity contribution >= 4 is 46.8 Å². The Morgan fingerprint density at radius 1 is 1.11 bits per heavy atom. The molecule has 37 heavy (non-hydrogen) atoms. The highest BCUT2D eigenvalue weighted by molar-refractivity contribution is 6.34. The summed E-state index contributed by atoms with van der Waals surface area (Å²) >= 11 is 12.2. The van der Waals surface area contributed by atoms with E-state index in [1.165, 1.54) is 11.6 Å². The number of carbonyl (C=O) groups is 3. The van der Waals surface area contributed by atoms with Crippen molar-refractivity contribution in [3.63, 3.8) is 0 Å². The van der Waals surface area contributed by atoms with Gasteiger partial charge in [0.05, 0.1) is 11.7 Å². The molecule has 0 unspecified atom stereocenters. The van der Waals surface area contributed by atoms with E-state index in [-0.39, 0.29) is 29.9 Å². The molecule has 0 saturated heterocycles. The van der Waals surface area contributed by atoms with E-state index >= 15 is 0 Å². The first-order valence-electron chi connectivity index (χ1n) is 11.9. The number of amides is 2. The normalized spacial score (nSPS) is 13.2. The van der Waals surface area contributed by atoms with Crippen LogP contribution in [0.2, 0.25) is 10.0 Å². The SMILES string of the molecule is CN=C(N)NCCC[C@H](NC(=O)c1nc(C)n(-c2cc(Cl)cc(Cl)c2)n1)C(=O)N[C@@H](CC(C)C)C(C)=O. The van der Waals surface area contributed by atoms with Gasteiger partial charge in [0.1, 0.15) is 11.9 Å². The number of halogens is 2. The summed E-state index contributed by atoms with van der Waals surface area (Å²) in [6, 6.07) is 3.28. The zero-order valence-electron chi connectivity index (χ0n) is 21.6. The Morgan fingerprint density at radius 2 is 1.76 bits per heavy atom. The number of aliphatic imine (C=N–C) groups is 1. The van der Waals surface area contributed by atoms with Crippen molar-refractivity contribution in [1.82, 2.24) is 30.7 Å². The third-order valence-corrected chi connectivity index (χ3v) is 5.85. The van der Waals surface area contributed by atoms with Crippen LogP contribution in [0.25, 0.3) is 5.69 Å². The second-order valence-electron chi connectivity index (χ2n) is 9.03. The molecule has 0 radical (unpaired) electrons. The molecule has 1 aromatic carbocycles. The van der Waals surface area contributed by atoms with E-state index in [1.54, 1.807) is 32.2 Å². The number of aromatic nitrogens is 3. The number of nitrogens with zero attached hydrogens (tertiary/aromatic N) is 4. The molecule has 5 N–H and O–H groups in total. The van der Waals surface area contributed by atoms with Gasteiger partial charge in [-0.3, -0.25) is 19.4 Å². The second-order valence-corrected chi connectivity index (χ2v) is 9.90. The van der Waals surface area contributed by atoms with Crippen LogP contribution in [0.4, 0.5) is 0 Å². The fraction of sp³-hybridized carbons (Fsp3) is 0.500. The number of nitrogens with one attached hydrogen (secondary N) is 3. The van der Waals surface area contributed by atoms with Crippen molar-refractivity contribution in [3.8, 4) is 5.69 Å². The van der Waals surface area contributed by atoms with Crippen LogP contribution in [0.5, 0.6) is 0 Å². The molecular weight excluding hydrogens is 519 g/mol. The van der Waals surface area contributed by atoms with Crippen LogP contribution < -0.4 is 21.7 Å². The molecule has 13 heteroatoms.